The summed E-state index contributed by atoms with van der Waals surface area (Å²) in [4.78, 5) is 10.4. The number of hydrogen-bond acceptors (Lipinski definition) is 4. The zero-order chi connectivity index (χ0) is 13.6. The Hall–Kier alpha value is -2.02. The normalized spacial score (nSPS) is 21.3. The van der Waals surface area contributed by atoms with E-state index in [9.17, 15) is 10.1 Å². The molecule has 0 amide bonds. The molecule has 2 atom stereocenters. The number of hydrogen-bond donors (Lipinski definition) is 1. The quantitative estimate of drug-likeness (QED) is 0.531. The van der Waals surface area contributed by atoms with Crippen LogP contribution in [-0.2, 0) is 7.05 Å². The van der Waals surface area contributed by atoms with Crippen molar-refractivity contribution in [1.29, 1.82) is 0 Å². The highest BCUT2D eigenvalue weighted by molar-refractivity contribution is 7.71. The Bertz CT molecular complexity index is 706. The third-order valence-corrected chi connectivity index (χ3v) is 3.91. The van der Waals surface area contributed by atoms with Crippen molar-refractivity contribution in [3.63, 3.8) is 0 Å². The predicted octanol–water partition coefficient (Wildman–Crippen LogP) is 2.66. The van der Waals surface area contributed by atoms with Gasteiger partial charge in [0.15, 0.2) is 4.77 Å². The van der Waals surface area contributed by atoms with Crippen molar-refractivity contribution in [3.8, 4) is 0 Å². The minimum absolute atomic E-state index is 0.138. The number of aromatic nitrogens is 3. The van der Waals surface area contributed by atoms with Crippen LogP contribution in [0.25, 0.3) is 0 Å². The van der Waals surface area contributed by atoms with Crippen LogP contribution in [0.4, 0.5) is 5.69 Å². The maximum atomic E-state index is 10.8. The Morgan fingerprint density at radius 3 is 2.95 bits per heavy atom. The zero-order valence-electron chi connectivity index (χ0n) is 10.2. The Morgan fingerprint density at radius 2 is 2.32 bits per heavy atom. The molecule has 0 radical (unpaired) electrons. The van der Waals surface area contributed by atoms with E-state index in [1.807, 2.05) is 17.7 Å². The molecule has 3 rings (SSSR count). The first kappa shape index (κ1) is 12.0. The molecule has 0 saturated heterocycles. The second-order valence-electron chi connectivity index (χ2n) is 4.75. The van der Waals surface area contributed by atoms with Crippen molar-refractivity contribution in [3.05, 3.63) is 50.5 Å². The minimum atomic E-state index is -0.364. The van der Waals surface area contributed by atoms with E-state index in [4.69, 9.17) is 12.2 Å². The average molecular weight is 276 g/mol. The van der Waals surface area contributed by atoms with Crippen LogP contribution < -0.4 is 0 Å². The lowest BCUT2D eigenvalue weighted by Crippen LogP contribution is -1.97. The highest BCUT2D eigenvalue weighted by Gasteiger charge is 2.43. The summed E-state index contributed by atoms with van der Waals surface area (Å²) in [6.07, 6.45) is 0.953. The first-order valence-electron chi connectivity index (χ1n) is 5.93. The van der Waals surface area contributed by atoms with Gasteiger partial charge in [-0.25, -0.2) is 0 Å². The van der Waals surface area contributed by atoms with Gasteiger partial charge in [-0.2, -0.15) is 5.10 Å². The molecule has 1 aliphatic carbocycles. The van der Waals surface area contributed by atoms with Crippen molar-refractivity contribution < 1.29 is 4.92 Å². The van der Waals surface area contributed by atoms with Gasteiger partial charge in [-0.1, -0.05) is 12.1 Å². The standard InChI is InChI=1S/C12H12N4O2S/c1-15-11(13-14-12(15)19)10-6-9(10)7-3-2-4-8(5-7)16(17)18/h2-5,9-10H,6H2,1H3,(H,14,19)/t9-,10-/m1/s1. The van der Waals surface area contributed by atoms with Gasteiger partial charge in [-0.15, -0.1) is 0 Å². The van der Waals surface area contributed by atoms with Crippen LogP contribution in [0.15, 0.2) is 24.3 Å². The van der Waals surface area contributed by atoms with Crippen molar-refractivity contribution >= 4 is 17.9 Å². The average Bonchev–Trinajstić information content (AvgIpc) is 3.12. The van der Waals surface area contributed by atoms with Gasteiger partial charge in [-0.05, 0) is 30.1 Å². The molecule has 1 fully saturated rings. The van der Waals surface area contributed by atoms with E-state index >= 15 is 0 Å². The van der Waals surface area contributed by atoms with Crippen molar-refractivity contribution in [2.24, 2.45) is 7.05 Å². The summed E-state index contributed by atoms with van der Waals surface area (Å²) < 4.78 is 2.46. The molecule has 1 aromatic carbocycles. The highest BCUT2D eigenvalue weighted by atomic mass is 32.1. The summed E-state index contributed by atoms with van der Waals surface area (Å²) >= 11 is 5.09. The lowest BCUT2D eigenvalue weighted by molar-refractivity contribution is -0.384. The second-order valence-corrected chi connectivity index (χ2v) is 5.13. The van der Waals surface area contributed by atoms with Gasteiger partial charge in [-0.3, -0.25) is 15.2 Å². The molecule has 1 saturated carbocycles. The Kier molecular flexibility index (Phi) is 2.70. The molecule has 1 aromatic heterocycles. The zero-order valence-corrected chi connectivity index (χ0v) is 11.1. The van der Waals surface area contributed by atoms with E-state index in [-0.39, 0.29) is 10.6 Å². The molecule has 1 N–H and O–H groups in total. The maximum absolute atomic E-state index is 10.8. The van der Waals surface area contributed by atoms with Gasteiger partial charge in [0.1, 0.15) is 5.82 Å². The Labute approximate surface area is 114 Å². The smallest absolute Gasteiger partial charge is 0.269 e. The number of non-ortho nitro benzene ring substituents is 1. The third kappa shape index (κ3) is 2.06. The van der Waals surface area contributed by atoms with Crippen LogP contribution >= 0.6 is 12.2 Å². The van der Waals surface area contributed by atoms with Gasteiger partial charge in [0.25, 0.3) is 5.69 Å². The van der Waals surface area contributed by atoms with Crippen LogP contribution in [0.1, 0.15) is 29.6 Å². The van der Waals surface area contributed by atoms with Crippen LogP contribution in [-0.4, -0.2) is 19.7 Å². The molecule has 0 spiro atoms. The molecule has 0 bridgehead atoms. The lowest BCUT2D eigenvalue weighted by Gasteiger charge is -2.01. The molecule has 2 aromatic rings. The minimum Gasteiger partial charge on any atom is -0.307 e. The second kappa shape index (κ2) is 4.27. The number of nitrogens with one attached hydrogen (secondary N) is 1. The molecule has 0 aliphatic heterocycles. The van der Waals surface area contributed by atoms with E-state index in [2.05, 4.69) is 10.2 Å². The van der Waals surface area contributed by atoms with E-state index < -0.39 is 0 Å². The SMILES string of the molecule is Cn1c([C@@H]2C[C@@H]2c2cccc([N+](=O)[O-])c2)n[nH]c1=S. The molecule has 0 unspecified atom stereocenters. The van der Waals surface area contributed by atoms with Gasteiger partial charge in [0.05, 0.1) is 4.92 Å². The van der Waals surface area contributed by atoms with Gasteiger partial charge in [0, 0.05) is 25.1 Å². The fourth-order valence-corrected chi connectivity index (χ4v) is 2.55. The van der Waals surface area contributed by atoms with Crippen molar-refractivity contribution in [2.45, 2.75) is 18.3 Å². The monoisotopic (exact) mass is 276 g/mol. The molecule has 1 aliphatic rings. The number of benzene rings is 1. The Morgan fingerprint density at radius 1 is 1.53 bits per heavy atom. The molecular formula is C12H12N4O2S. The van der Waals surface area contributed by atoms with Crippen molar-refractivity contribution in [1.82, 2.24) is 14.8 Å². The largest absolute Gasteiger partial charge is 0.307 e. The topological polar surface area (TPSA) is 76.8 Å². The number of aromatic amines is 1. The predicted molar refractivity (Wildman–Crippen MR) is 71.6 cm³/mol. The van der Waals surface area contributed by atoms with E-state index in [0.29, 0.717) is 16.6 Å². The summed E-state index contributed by atoms with van der Waals surface area (Å²) in [6, 6.07) is 6.81. The summed E-state index contributed by atoms with van der Waals surface area (Å²) in [6.45, 7) is 0. The number of rotatable bonds is 3. The van der Waals surface area contributed by atoms with E-state index in [1.54, 1.807) is 12.1 Å². The summed E-state index contributed by atoms with van der Waals surface area (Å²) in [5, 5.41) is 17.8. The highest BCUT2D eigenvalue weighted by Crippen LogP contribution is 2.54. The third-order valence-electron chi connectivity index (χ3n) is 3.55. The molecule has 6 nitrogen and oxygen atoms in total. The lowest BCUT2D eigenvalue weighted by atomic mass is 10.1. The maximum Gasteiger partial charge on any atom is 0.269 e. The molecular weight excluding hydrogens is 264 g/mol. The number of nitro benzene ring substituents is 1. The van der Waals surface area contributed by atoms with Crippen LogP contribution in [0.2, 0.25) is 0 Å². The van der Waals surface area contributed by atoms with Gasteiger partial charge in [0.2, 0.25) is 0 Å². The summed E-state index contributed by atoms with van der Waals surface area (Å²) in [7, 11) is 1.88. The number of H-pyrrole nitrogens is 1. The molecule has 98 valence electrons. The van der Waals surface area contributed by atoms with Crippen LogP contribution in [0.5, 0.6) is 0 Å². The summed E-state index contributed by atoms with van der Waals surface area (Å²) in [5.41, 5.74) is 1.13. The van der Waals surface area contributed by atoms with Crippen LogP contribution in [0.3, 0.4) is 0 Å². The fraction of sp³-hybridized carbons (Fsp3) is 0.333. The summed E-state index contributed by atoms with van der Waals surface area (Å²) in [5.74, 6) is 1.50. The number of nitro groups is 1. The van der Waals surface area contributed by atoms with Gasteiger partial charge >= 0.3 is 0 Å². The molecule has 19 heavy (non-hydrogen) atoms. The Balaban J connectivity index is 1.87. The number of nitrogens with zero attached hydrogens (tertiary/aromatic N) is 3. The van der Waals surface area contributed by atoms with Crippen molar-refractivity contribution in [2.75, 3.05) is 0 Å². The first-order chi connectivity index (χ1) is 9.08. The van der Waals surface area contributed by atoms with Gasteiger partial charge < -0.3 is 4.57 Å². The van der Waals surface area contributed by atoms with E-state index in [0.717, 1.165) is 17.8 Å². The van der Waals surface area contributed by atoms with E-state index in [1.165, 1.54) is 6.07 Å². The fourth-order valence-electron chi connectivity index (χ4n) is 2.41. The van der Waals surface area contributed by atoms with Crippen LogP contribution in [0, 0.1) is 14.9 Å². The molecule has 7 heteroatoms. The molecule has 1 heterocycles. The first-order valence-corrected chi connectivity index (χ1v) is 6.34.